The van der Waals surface area contributed by atoms with E-state index in [0.717, 1.165) is 41.6 Å². The predicted octanol–water partition coefficient (Wildman–Crippen LogP) is 5.22. The molecule has 0 aliphatic rings. The summed E-state index contributed by atoms with van der Waals surface area (Å²) in [6.45, 7) is 2.14. The molecule has 0 fully saturated rings. The molecule has 0 saturated heterocycles. The maximum atomic E-state index is 12.3. The zero-order chi connectivity index (χ0) is 16.8. The quantitative estimate of drug-likeness (QED) is 0.606. The zero-order valence-electron chi connectivity index (χ0n) is 14.0. The highest BCUT2D eigenvalue weighted by Crippen LogP contribution is 2.28. The smallest absolute Gasteiger partial charge is 0.220 e. The van der Waals surface area contributed by atoms with Crippen LogP contribution in [0, 0.1) is 0 Å². The molecule has 3 nitrogen and oxygen atoms in total. The maximum Gasteiger partial charge on any atom is 0.220 e. The van der Waals surface area contributed by atoms with Gasteiger partial charge in [0.05, 0.1) is 0 Å². The van der Waals surface area contributed by atoms with Gasteiger partial charge in [-0.05, 0) is 24.1 Å². The molecule has 0 saturated carbocycles. The lowest BCUT2D eigenvalue weighted by molar-refractivity contribution is -0.121. The van der Waals surface area contributed by atoms with Crippen molar-refractivity contribution < 1.29 is 9.21 Å². The van der Waals surface area contributed by atoms with E-state index in [1.165, 1.54) is 0 Å². The van der Waals surface area contributed by atoms with Gasteiger partial charge in [0, 0.05) is 11.8 Å². The van der Waals surface area contributed by atoms with Crippen LogP contribution in [0.2, 0.25) is 0 Å². The molecule has 1 amide bonds. The number of carbonyl (C=O) groups excluding carboxylic acids is 1. The predicted molar refractivity (Wildman–Crippen MR) is 96.8 cm³/mol. The molecule has 1 N–H and O–H groups in total. The van der Waals surface area contributed by atoms with Crippen LogP contribution in [0.4, 0.5) is 0 Å². The number of fused-ring (bicyclic) bond motifs is 1. The first kappa shape index (κ1) is 16.3. The number of furan rings is 1. The lowest BCUT2D eigenvalue weighted by atomic mass is 10.0. The highest BCUT2D eigenvalue weighted by atomic mass is 16.3. The Hall–Kier alpha value is -2.55. The van der Waals surface area contributed by atoms with Gasteiger partial charge in [0.1, 0.15) is 17.4 Å². The summed E-state index contributed by atoms with van der Waals surface area (Å²) in [6, 6.07) is 19.6. The summed E-state index contributed by atoms with van der Waals surface area (Å²) < 4.78 is 6.00. The van der Waals surface area contributed by atoms with Crippen LogP contribution in [-0.2, 0) is 4.79 Å². The molecule has 0 aliphatic carbocycles. The van der Waals surface area contributed by atoms with Gasteiger partial charge in [-0.15, -0.1) is 0 Å². The van der Waals surface area contributed by atoms with Gasteiger partial charge in [0.15, 0.2) is 0 Å². The summed E-state index contributed by atoms with van der Waals surface area (Å²) >= 11 is 0. The topological polar surface area (TPSA) is 42.2 Å². The Morgan fingerprint density at radius 2 is 1.79 bits per heavy atom. The van der Waals surface area contributed by atoms with Gasteiger partial charge in [0.25, 0.3) is 0 Å². The van der Waals surface area contributed by atoms with Gasteiger partial charge < -0.3 is 9.73 Å². The van der Waals surface area contributed by atoms with E-state index >= 15 is 0 Å². The second-order valence-electron chi connectivity index (χ2n) is 6.05. The number of amides is 1. The average Bonchev–Trinajstić information content (AvgIpc) is 3.04. The molecule has 1 aromatic heterocycles. The molecule has 1 atom stereocenters. The first-order chi connectivity index (χ1) is 11.8. The summed E-state index contributed by atoms with van der Waals surface area (Å²) in [5.41, 5.74) is 1.87. The van der Waals surface area contributed by atoms with Crippen LogP contribution in [-0.4, -0.2) is 5.91 Å². The van der Waals surface area contributed by atoms with Crippen LogP contribution < -0.4 is 5.32 Å². The molecule has 1 heterocycles. The summed E-state index contributed by atoms with van der Waals surface area (Å²) in [6.07, 6.45) is 3.66. The van der Waals surface area contributed by atoms with Crippen LogP contribution in [0.3, 0.4) is 0 Å². The van der Waals surface area contributed by atoms with E-state index in [2.05, 4.69) is 12.2 Å². The van der Waals surface area contributed by atoms with Gasteiger partial charge in [0.2, 0.25) is 5.91 Å². The first-order valence-corrected chi connectivity index (χ1v) is 8.60. The van der Waals surface area contributed by atoms with Gasteiger partial charge in [-0.25, -0.2) is 0 Å². The lowest BCUT2D eigenvalue weighted by Crippen LogP contribution is -2.28. The molecule has 0 bridgehead atoms. The Labute approximate surface area is 142 Å². The highest BCUT2D eigenvalue weighted by molar-refractivity contribution is 5.79. The molecule has 0 aliphatic heterocycles. The van der Waals surface area contributed by atoms with Crippen molar-refractivity contribution in [2.75, 3.05) is 0 Å². The van der Waals surface area contributed by atoms with Crippen LogP contribution in [0.1, 0.15) is 50.0 Å². The third kappa shape index (κ3) is 3.85. The standard InChI is InChI=1S/C21H23NO2/c1-2-3-5-14-20(23)22-21(16-10-6-4-7-11-16)19-15-17-12-8-9-13-18(17)24-19/h4,6-13,15,21H,2-3,5,14H2,1H3,(H,22,23). The van der Waals surface area contributed by atoms with Crippen LogP contribution in [0.25, 0.3) is 11.0 Å². The second-order valence-corrected chi connectivity index (χ2v) is 6.05. The van der Waals surface area contributed by atoms with Gasteiger partial charge in [-0.2, -0.15) is 0 Å². The molecule has 1 unspecified atom stereocenters. The average molecular weight is 321 g/mol. The van der Waals surface area contributed by atoms with E-state index in [1.807, 2.05) is 60.7 Å². The van der Waals surface area contributed by atoms with E-state index in [1.54, 1.807) is 0 Å². The number of para-hydroxylation sites is 1. The molecule has 124 valence electrons. The summed E-state index contributed by atoms with van der Waals surface area (Å²) in [7, 11) is 0. The number of unbranched alkanes of at least 4 members (excludes halogenated alkanes) is 2. The Bertz CT molecular complexity index is 759. The number of rotatable bonds is 7. The first-order valence-electron chi connectivity index (χ1n) is 8.60. The van der Waals surface area contributed by atoms with Crippen molar-refractivity contribution in [3.8, 4) is 0 Å². The van der Waals surface area contributed by atoms with Crippen molar-refractivity contribution in [2.24, 2.45) is 0 Å². The monoisotopic (exact) mass is 321 g/mol. The van der Waals surface area contributed by atoms with Crippen LogP contribution >= 0.6 is 0 Å². The molecular weight excluding hydrogens is 298 g/mol. The minimum absolute atomic E-state index is 0.0674. The van der Waals surface area contributed by atoms with E-state index < -0.39 is 0 Å². The normalized spacial score (nSPS) is 12.2. The van der Waals surface area contributed by atoms with Crippen molar-refractivity contribution >= 4 is 16.9 Å². The second kappa shape index (κ2) is 7.82. The lowest BCUT2D eigenvalue weighted by Gasteiger charge is -2.17. The summed E-state index contributed by atoms with van der Waals surface area (Å²) in [5.74, 6) is 0.837. The van der Waals surface area contributed by atoms with Crippen molar-refractivity contribution in [2.45, 2.75) is 38.6 Å². The van der Waals surface area contributed by atoms with E-state index in [9.17, 15) is 4.79 Å². The third-order valence-electron chi connectivity index (χ3n) is 4.17. The number of hydrogen-bond acceptors (Lipinski definition) is 2. The third-order valence-corrected chi connectivity index (χ3v) is 4.17. The Balaban J connectivity index is 1.86. The fraction of sp³-hybridized carbons (Fsp3) is 0.286. The SMILES string of the molecule is CCCCCC(=O)NC(c1ccccc1)c1cc2ccccc2o1. The minimum atomic E-state index is -0.257. The van der Waals surface area contributed by atoms with Gasteiger partial charge in [-0.1, -0.05) is 68.3 Å². The van der Waals surface area contributed by atoms with E-state index in [0.29, 0.717) is 6.42 Å². The van der Waals surface area contributed by atoms with Crippen molar-refractivity contribution in [3.63, 3.8) is 0 Å². The number of carbonyl (C=O) groups is 1. The molecule has 0 spiro atoms. The van der Waals surface area contributed by atoms with E-state index in [-0.39, 0.29) is 11.9 Å². The number of benzene rings is 2. The van der Waals surface area contributed by atoms with Crippen LogP contribution in [0.15, 0.2) is 65.1 Å². The molecule has 24 heavy (non-hydrogen) atoms. The molecule has 3 rings (SSSR count). The van der Waals surface area contributed by atoms with Crippen molar-refractivity contribution in [3.05, 3.63) is 72.0 Å². The fourth-order valence-electron chi connectivity index (χ4n) is 2.88. The van der Waals surface area contributed by atoms with Crippen LogP contribution in [0.5, 0.6) is 0 Å². The van der Waals surface area contributed by atoms with Gasteiger partial charge >= 0.3 is 0 Å². The minimum Gasteiger partial charge on any atom is -0.459 e. The fourth-order valence-corrected chi connectivity index (χ4v) is 2.88. The largest absolute Gasteiger partial charge is 0.459 e. The van der Waals surface area contributed by atoms with E-state index in [4.69, 9.17) is 4.42 Å². The number of hydrogen-bond donors (Lipinski definition) is 1. The van der Waals surface area contributed by atoms with Crippen molar-refractivity contribution in [1.82, 2.24) is 5.32 Å². The molecular formula is C21H23NO2. The summed E-state index contributed by atoms with van der Waals surface area (Å²) in [5, 5.41) is 4.19. The zero-order valence-corrected chi connectivity index (χ0v) is 14.0. The highest BCUT2D eigenvalue weighted by Gasteiger charge is 2.20. The van der Waals surface area contributed by atoms with Crippen molar-refractivity contribution in [1.29, 1.82) is 0 Å². The molecule has 0 radical (unpaired) electrons. The number of nitrogens with one attached hydrogen (secondary N) is 1. The van der Waals surface area contributed by atoms with Gasteiger partial charge in [-0.3, -0.25) is 4.79 Å². The maximum absolute atomic E-state index is 12.3. The molecule has 3 heteroatoms. The Morgan fingerprint density at radius 1 is 1.04 bits per heavy atom. The molecule has 3 aromatic rings. The summed E-state index contributed by atoms with van der Waals surface area (Å²) in [4.78, 5) is 12.3. The molecule has 2 aromatic carbocycles. The Morgan fingerprint density at radius 3 is 2.54 bits per heavy atom. The Kier molecular flexibility index (Phi) is 5.32.